The average Bonchev–Trinajstić information content (AvgIpc) is 2.32. The zero-order valence-electron chi connectivity index (χ0n) is 11.2. The highest BCUT2D eigenvalue weighted by molar-refractivity contribution is 9.10. The number of hydrogen-bond acceptors (Lipinski definition) is 2. The van der Waals surface area contributed by atoms with Gasteiger partial charge in [-0.15, -0.1) is 0 Å². The Hall–Kier alpha value is -0.540. The first-order valence-electron chi connectivity index (χ1n) is 6.83. The van der Waals surface area contributed by atoms with Crippen molar-refractivity contribution in [1.82, 2.24) is 5.32 Å². The second-order valence-electron chi connectivity index (χ2n) is 5.01. The first-order valence-corrected chi connectivity index (χ1v) is 7.62. The predicted molar refractivity (Wildman–Crippen MR) is 79.1 cm³/mol. The number of ether oxygens (including phenoxy) is 1. The van der Waals surface area contributed by atoms with Crippen LogP contribution in [0.25, 0.3) is 0 Å². The van der Waals surface area contributed by atoms with Gasteiger partial charge in [-0.1, -0.05) is 29.3 Å². The SMILES string of the molecule is CCCNC(c1cc(Br)ccc1OC)C1CCC1. The molecule has 1 aliphatic rings. The fourth-order valence-corrected chi connectivity index (χ4v) is 2.93. The van der Waals surface area contributed by atoms with Gasteiger partial charge >= 0.3 is 0 Å². The molecule has 1 saturated carbocycles. The highest BCUT2D eigenvalue weighted by Gasteiger charge is 2.29. The molecule has 1 aromatic carbocycles. The van der Waals surface area contributed by atoms with Crippen LogP contribution < -0.4 is 10.1 Å². The monoisotopic (exact) mass is 311 g/mol. The molecule has 1 aromatic rings. The van der Waals surface area contributed by atoms with Crippen molar-refractivity contribution in [3.05, 3.63) is 28.2 Å². The summed E-state index contributed by atoms with van der Waals surface area (Å²) in [4.78, 5) is 0. The zero-order chi connectivity index (χ0) is 13.0. The Morgan fingerprint density at radius 2 is 2.22 bits per heavy atom. The largest absolute Gasteiger partial charge is 0.496 e. The normalized spacial score (nSPS) is 17.3. The van der Waals surface area contributed by atoms with E-state index in [0.717, 1.165) is 22.7 Å². The van der Waals surface area contributed by atoms with E-state index in [4.69, 9.17) is 4.74 Å². The van der Waals surface area contributed by atoms with E-state index in [1.807, 2.05) is 6.07 Å². The van der Waals surface area contributed by atoms with E-state index < -0.39 is 0 Å². The molecular formula is C15H22BrNO. The third-order valence-electron chi connectivity index (χ3n) is 3.76. The predicted octanol–water partition coefficient (Wildman–Crippen LogP) is 4.30. The molecule has 2 rings (SSSR count). The fourth-order valence-electron chi connectivity index (χ4n) is 2.55. The van der Waals surface area contributed by atoms with E-state index in [9.17, 15) is 0 Å². The summed E-state index contributed by atoms with van der Waals surface area (Å²) in [6.07, 6.45) is 5.19. The number of nitrogens with one attached hydrogen (secondary N) is 1. The first kappa shape index (κ1) is 13.9. The number of halogens is 1. The molecule has 0 aromatic heterocycles. The van der Waals surface area contributed by atoms with Gasteiger partial charge in [0.05, 0.1) is 7.11 Å². The molecule has 2 nitrogen and oxygen atoms in total. The van der Waals surface area contributed by atoms with Crippen molar-refractivity contribution in [2.24, 2.45) is 5.92 Å². The highest BCUT2D eigenvalue weighted by Crippen LogP contribution is 2.41. The van der Waals surface area contributed by atoms with E-state index in [-0.39, 0.29) is 0 Å². The van der Waals surface area contributed by atoms with Gasteiger partial charge in [0, 0.05) is 16.1 Å². The molecule has 0 radical (unpaired) electrons. The number of methoxy groups -OCH3 is 1. The number of benzene rings is 1. The van der Waals surface area contributed by atoms with Crippen molar-refractivity contribution in [2.75, 3.05) is 13.7 Å². The smallest absolute Gasteiger partial charge is 0.123 e. The van der Waals surface area contributed by atoms with Crippen LogP contribution in [0.3, 0.4) is 0 Å². The summed E-state index contributed by atoms with van der Waals surface area (Å²) in [5.41, 5.74) is 1.30. The van der Waals surface area contributed by atoms with Gasteiger partial charge in [0.25, 0.3) is 0 Å². The highest BCUT2D eigenvalue weighted by atomic mass is 79.9. The molecule has 0 aliphatic heterocycles. The molecule has 0 bridgehead atoms. The lowest BCUT2D eigenvalue weighted by Gasteiger charge is -2.35. The molecule has 1 unspecified atom stereocenters. The van der Waals surface area contributed by atoms with Crippen LogP contribution in [0.15, 0.2) is 22.7 Å². The van der Waals surface area contributed by atoms with Crippen molar-refractivity contribution in [3.63, 3.8) is 0 Å². The Bertz CT molecular complexity index is 390. The van der Waals surface area contributed by atoms with Gasteiger partial charge in [-0.05, 0) is 49.9 Å². The van der Waals surface area contributed by atoms with Gasteiger partial charge in [-0.3, -0.25) is 0 Å². The summed E-state index contributed by atoms with van der Waals surface area (Å²) in [6.45, 7) is 3.28. The van der Waals surface area contributed by atoms with Crippen molar-refractivity contribution in [3.8, 4) is 5.75 Å². The molecule has 1 aliphatic carbocycles. The third-order valence-corrected chi connectivity index (χ3v) is 4.26. The Balaban J connectivity index is 2.24. The molecule has 3 heteroatoms. The molecule has 0 amide bonds. The van der Waals surface area contributed by atoms with Crippen molar-refractivity contribution in [2.45, 2.75) is 38.6 Å². The second kappa shape index (κ2) is 6.58. The van der Waals surface area contributed by atoms with E-state index in [2.05, 4.69) is 40.3 Å². The van der Waals surface area contributed by atoms with Gasteiger partial charge in [0.1, 0.15) is 5.75 Å². The fraction of sp³-hybridized carbons (Fsp3) is 0.600. The van der Waals surface area contributed by atoms with Crippen molar-refractivity contribution >= 4 is 15.9 Å². The summed E-state index contributed by atoms with van der Waals surface area (Å²) in [7, 11) is 1.75. The van der Waals surface area contributed by atoms with Crippen molar-refractivity contribution in [1.29, 1.82) is 0 Å². The maximum absolute atomic E-state index is 5.52. The molecule has 100 valence electrons. The molecule has 1 fully saturated rings. The van der Waals surface area contributed by atoms with E-state index in [1.54, 1.807) is 7.11 Å². The lowest BCUT2D eigenvalue weighted by molar-refractivity contribution is 0.227. The summed E-state index contributed by atoms with van der Waals surface area (Å²) in [5.74, 6) is 1.76. The minimum atomic E-state index is 0.436. The van der Waals surface area contributed by atoms with E-state index in [1.165, 1.54) is 31.2 Å². The van der Waals surface area contributed by atoms with Gasteiger partial charge in [0.15, 0.2) is 0 Å². The Kier molecular flexibility index (Phi) is 5.07. The summed E-state index contributed by atoms with van der Waals surface area (Å²) in [6, 6.07) is 6.73. The maximum atomic E-state index is 5.52. The minimum Gasteiger partial charge on any atom is -0.496 e. The Labute approximate surface area is 118 Å². The van der Waals surface area contributed by atoms with Gasteiger partial charge in [-0.25, -0.2) is 0 Å². The lowest BCUT2D eigenvalue weighted by Crippen LogP contribution is -2.33. The quantitative estimate of drug-likeness (QED) is 0.845. The Morgan fingerprint density at radius 3 is 2.78 bits per heavy atom. The average molecular weight is 312 g/mol. The van der Waals surface area contributed by atoms with Gasteiger partial charge in [-0.2, -0.15) is 0 Å². The standard InChI is InChI=1S/C15H22BrNO/c1-3-9-17-15(11-5-4-6-11)13-10-12(16)7-8-14(13)18-2/h7-8,10-11,15,17H,3-6,9H2,1-2H3. The molecule has 18 heavy (non-hydrogen) atoms. The van der Waals surface area contributed by atoms with Crippen LogP contribution in [0.2, 0.25) is 0 Å². The first-order chi connectivity index (χ1) is 8.76. The van der Waals surface area contributed by atoms with Gasteiger partial charge < -0.3 is 10.1 Å². The molecule has 1 atom stereocenters. The van der Waals surface area contributed by atoms with Crippen LogP contribution in [-0.4, -0.2) is 13.7 Å². The van der Waals surface area contributed by atoms with E-state index >= 15 is 0 Å². The molecule has 0 spiro atoms. The molecule has 1 N–H and O–H groups in total. The zero-order valence-corrected chi connectivity index (χ0v) is 12.8. The molecule has 0 saturated heterocycles. The van der Waals surface area contributed by atoms with Crippen molar-refractivity contribution < 1.29 is 4.74 Å². The van der Waals surface area contributed by atoms with Crippen LogP contribution in [0, 0.1) is 5.92 Å². The lowest BCUT2D eigenvalue weighted by atomic mass is 9.77. The summed E-state index contributed by atoms with van der Waals surface area (Å²) in [5, 5.41) is 3.69. The maximum Gasteiger partial charge on any atom is 0.123 e. The number of hydrogen-bond donors (Lipinski definition) is 1. The topological polar surface area (TPSA) is 21.3 Å². The molecule has 0 heterocycles. The number of rotatable bonds is 6. The van der Waals surface area contributed by atoms with Crippen LogP contribution in [0.4, 0.5) is 0 Å². The Morgan fingerprint density at radius 1 is 1.44 bits per heavy atom. The van der Waals surface area contributed by atoms with Crippen LogP contribution in [0.5, 0.6) is 5.75 Å². The molecular weight excluding hydrogens is 290 g/mol. The van der Waals surface area contributed by atoms with Crippen LogP contribution in [0.1, 0.15) is 44.2 Å². The van der Waals surface area contributed by atoms with Crippen LogP contribution >= 0.6 is 15.9 Å². The van der Waals surface area contributed by atoms with Gasteiger partial charge in [0.2, 0.25) is 0 Å². The minimum absolute atomic E-state index is 0.436. The summed E-state index contributed by atoms with van der Waals surface area (Å²) >= 11 is 3.57. The van der Waals surface area contributed by atoms with Crippen LogP contribution in [-0.2, 0) is 0 Å². The third kappa shape index (κ3) is 3.07. The van der Waals surface area contributed by atoms with E-state index in [0.29, 0.717) is 6.04 Å². The second-order valence-corrected chi connectivity index (χ2v) is 5.92. The summed E-state index contributed by atoms with van der Waals surface area (Å²) < 4.78 is 6.65.